The zero-order valence-electron chi connectivity index (χ0n) is 13.1. The van der Waals surface area contributed by atoms with E-state index in [2.05, 4.69) is 19.2 Å². The second-order valence-corrected chi connectivity index (χ2v) is 8.15. The average Bonchev–Trinajstić information content (AvgIpc) is 2.42. The molecule has 1 fully saturated rings. The highest BCUT2D eigenvalue weighted by Gasteiger charge is 2.28. The number of hydrogen-bond donors (Lipinski definition) is 1. The molecule has 1 aliphatic rings. The molecule has 0 aromatic rings. The second-order valence-electron chi connectivity index (χ2n) is 6.06. The van der Waals surface area contributed by atoms with Gasteiger partial charge in [0.05, 0.1) is 12.4 Å². The summed E-state index contributed by atoms with van der Waals surface area (Å²) < 4.78 is 31.3. The van der Waals surface area contributed by atoms with Crippen molar-refractivity contribution in [1.82, 2.24) is 9.62 Å². The maximum atomic E-state index is 12.3. The predicted octanol–water partition coefficient (Wildman–Crippen LogP) is 1.31. The van der Waals surface area contributed by atoms with Gasteiger partial charge in [-0.1, -0.05) is 13.8 Å². The zero-order valence-corrected chi connectivity index (χ0v) is 13.9. The van der Waals surface area contributed by atoms with Gasteiger partial charge in [0.2, 0.25) is 10.0 Å². The van der Waals surface area contributed by atoms with Gasteiger partial charge in [-0.2, -0.15) is 0 Å². The minimum Gasteiger partial charge on any atom is -0.383 e. The molecule has 0 aromatic heterocycles. The Hall–Kier alpha value is -0.170. The SMILES string of the molecule is COCCNCC1CCCN(S(=O)(=O)CCC(C)C)C1. The molecule has 0 bridgehead atoms. The molecule has 1 N–H and O–H groups in total. The lowest BCUT2D eigenvalue weighted by Gasteiger charge is -2.32. The van der Waals surface area contributed by atoms with Crippen LogP contribution >= 0.6 is 0 Å². The lowest BCUT2D eigenvalue weighted by molar-refractivity contribution is 0.193. The molecule has 5 nitrogen and oxygen atoms in total. The van der Waals surface area contributed by atoms with E-state index in [9.17, 15) is 8.42 Å². The number of piperidine rings is 1. The van der Waals surface area contributed by atoms with Gasteiger partial charge < -0.3 is 10.1 Å². The number of hydrogen-bond acceptors (Lipinski definition) is 4. The molecule has 0 spiro atoms. The molecule has 0 radical (unpaired) electrons. The topological polar surface area (TPSA) is 58.6 Å². The van der Waals surface area contributed by atoms with E-state index in [1.807, 2.05) is 0 Å². The molecule has 1 aliphatic heterocycles. The molecule has 120 valence electrons. The molecule has 1 atom stereocenters. The maximum Gasteiger partial charge on any atom is 0.214 e. The number of nitrogens with one attached hydrogen (secondary N) is 1. The van der Waals surface area contributed by atoms with Crippen LogP contribution in [0.3, 0.4) is 0 Å². The van der Waals surface area contributed by atoms with E-state index >= 15 is 0 Å². The molecule has 1 rings (SSSR count). The first-order valence-electron chi connectivity index (χ1n) is 7.63. The molecular weight excluding hydrogens is 276 g/mol. The van der Waals surface area contributed by atoms with Crippen molar-refractivity contribution >= 4 is 10.0 Å². The van der Waals surface area contributed by atoms with Crippen molar-refractivity contribution in [2.75, 3.05) is 45.6 Å². The lowest BCUT2D eigenvalue weighted by atomic mass is 10.00. The van der Waals surface area contributed by atoms with Crippen molar-refractivity contribution in [3.8, 4) is 0 Å². The highest BCUT2D eigenvalue weighted by molar-refractivity contribution is 7.89. The summed E-state index contributed by atoms with van der Waals surface area (Å²) in [7, 11) is -1.38. The van der Waals surface area contributed by atoms with Crippen LogP contribution in [-0.2, 0) is 14.8 Å². The molecule has 1 unspecified atom stereocenters. The van der Waals surface area contributed by atoms with Gasteiger partial charge in [0.25, 0.3) is 0 Å². The summed E-state index contributed by atoms with van der Waals surface area (Å²) in [6.07, 6.45) is 2.82. The molecule has 0 aromatic carbocycles. The Morgan fingerprint density at radius 3 is 2.80 bits per heavy atom. The summed E-state index contributed by atoms with van der Waals surface area (Å²) in [6, 6.07) is 0. The minimum atomic E-state index is -3.07. The van der Waals surface area contributed by atoms with Gasteiger partial charge in [-0.05, 0) is 37.6 Å². The molecule has 0 saturated carbocycles. The van der Waals surface area contributed by atoms with Crippen LogP contribution in [0.2, 0.25) is 0 Å². The number of methoxy groups -OCH3 is 1. The van der Waals surface area contributed by atoms with E-state index in [0.29, 0.717) is 31.5 Å². The zero-order chi connectivity index (χ0) is 15.0. The van der Waals surface area contributed by atoms with E-state index in [-0.39, 0.29) is 5.75 Å². The van der Waals surface area contributed by atoms with Gasteiger partial charge in [0.15, 0.2) is 0 Å². The van der Waals surface area contributed by atoms with E-state index in [1.165, 1.54) is 0 Å². The average molecular weight is 306 g/mol. The fourth-order valence-corrected chi connectivity index (χ4v) is 4.31. The Morgan fingerprint density at radius 2 is 2.15 bits per heavy atom. The number of rotatable bonds is 9. The summed E-state index contributed by atoms with van der Waals surface area (Å²) in [6.45, 7) is 7.88. The van der Waals surface area contributed by atoms with Gasteiger partial charge in [-0.15, -0.1) is 0 Å². The van der Waals surface area contributed by atoms with Crippen molar-refractivity contribution in [3.05, 3.63) is 0 Å². The normalized spacial score (nSPS) is 21.5. The van der Waals surface area contributed by atoms with E-state index < -0.39 is 10.0 Å². The van der Waals surface area contributed by atoms with E-state index in [1.54, 1.807) is 11.4 Å². The smallest absolute Gasteiger partial charge is 0.214 e. The quantitative estimate of drug-likeness (QED) is 0.653. The number of nitrogens with zero attached hydrogens (tertiary/aromatic N) is 1. The van der Waals surface area contributed by atoms with Crippen LogP contribution in [0.25, 0.3) is 0 Å². The summed E-state index contributed by atoms with van der Waals surface area (Å²) in [5.74, 6) is 1.14. The third kappa shape index (κ3) is 6.52. The van der Waals surface area contributed by atoms with Crippen molar-refractivity contribution in [2.24, 2.45) is 11.8 Å². The van der Waals surface area contributed by atoms with Crippen LogP contribution in [0.4, 0.5) is 0 Å². The number of ether oxygens (including phenoxy) is 1. The highest BCUT2D eigenvalue weighted by atomic mass is 32.2. The standard InChI is InChI=1S/C14H30N2O3S/c1-13(2)6-10-20(17,18)16-8-4-5-14(12-16)11-15-7-9-19-3/h13-15H,4-12H2,1-3H3. The van der Waals surface area contributed by atoms with Crippen LogP contribution < -0.4 is 5.32 Å². The molecule has 20 heavy (non-hydrogen) atoms. The summed E-state index contributed by atoms with van der Waals surface area (Å²) in [5, 5.41) is 3.33. The monoisotopic (exact) mass is 306 g/mol. The Bertz CT molecular complexity index is 357. The third-order valence-corrected chi connectivity index (χ3v) is 5.61. The van der Waals surface area contributed by atoms with E-state index in [0.717, 1.165) is 32.4 Å². The fraction of sp³-hybridized carbons (Fsp3) is 1.00. The van der Waals surface area contributed by atoms with Gasteiger partial charge in [-0.25, -0.2) is 12.7 Å². The van der Waals surface area contributed by atoms with E-state index in [4.69, 9.17) is 4.74 Å². The van der Waals surface area contributed by atoms with Crippen molar-refractivity contribution < 1.29 is 13.2 Å². The fourth-order valence-electron chi connectivity index (χ4n) is 2.44. The molecule has 0 aliphatic carbocycles. The van der Waals surface area contributed by atoms with Crippen molar-refractivity contribution in [3.63, 3.8) is 0 Å². The Morgan fingerprint density at radius 1 is 1.40 bits per heavy atom. The summed E-state index contributed by atoms with van der Waals surface area (Å²) >= 11 is 0. The minimum absolute atomic E-state index is 0.286. The van der Waals surface area contributed by atoms with Gasteiger partial charge in [0.1, 0.15) is 0 Å². The summed E-state index contributed by atoms with van der Waals surface area (Å²) in [5.41, 5.74) is 0. The molecule has 0 amide bonds. The molecule has 1 saturated heterocycles. The van der Waals surface area contributed by atoms with Gasteiger partial charge in [0, 0.05) is 26.7 Å². The van der Waals surface area contributed by atoms with Crippen molar-refractivity contribution in [1.29, 1.82) is 0 Å². The van der Waals surface area contributed by atoms with Crippen LogP contribution in [0.1, 0.15) is 33.1 Å². The lowest BCUT2D eigenvalue weighted by Crippen LogP contribution is -2.44. The second kappa shape index (κ2) is 8.97. The number of sulfonamides is 1. The van der Waals surface area contributed by atoms with Crippen LogP contribution in [0, 0.1) is 11.8 Å². The Labute approximate surface area is 124 Å². The molecule has 6 heteroatoms. The molecule has 1 heterocycles. The Balaban J connectivity index is 2.39. The Kier molecular flexibility index (Phi) is 8.02. The first kappa shape index (κ1) is 17.9. The first-order chi connectivity index (χ1) is 9.45. The maximum absolute atomic E-state index is 12.3. The van der Waals surface area contributed by atoms with Crippen molar-refractivity contribution in [2.45, 2.75) is 33.1 Å². The van der Waals surface area contributed by atoms with Gasteiger partial charge >= 0.3 is 0 Å². The summed E-state index contributed by atoms with van der Waals surface area (Å²) in [4.78, 5) is 0. The molecular formula is C14H30N2O3S. The van der Waals surface area contributed by atoms with Gasteiger partial charge in [-0.3, -0.25) is 0 Å². The highest BCUT2D eigenvalue weighted by Crippen LogP contribution is 2.20. The predicted molar refractivity (Wildman–Crippen MR) is 82.3 cm³/mol. The van der Waals surface area contributed by atoms with Crippen LogP contribution in [-0.4, -0.2) is 58.4 Å². The largest absolute Gasteiger partial charge is 0.383 e. The van der Waals surface area contributed by atoms with Crippen LogP contribution in [0.5, 0.6) is 0 Å². The third-order valence-electron chi connectivity index (χ3n) is 3.74. The first-order valence-corrected chi connectivity index (χ1v) is 9.24. The van der Waals surface area contributed by atoms with Crippen LogP contribution in [0.15, 0.2) is 0 Å².